The Morgan fingerprint density at radius 1 is 1.26 bits per heavy atom. The van der Waals surface area contributed by atoms with Crippen LogP contribution in [-0.2, 0) is 23.5 Å². The molecule has 0 fully saturated rings. The topological polar surface area (TPSA) is 33.3 Å². The number of hydrogen-bond acceptors (Lipinski definition) is 5. The lowest BCUT2D eigenvalue weighted by molar-refractivity contribution is 0.199. The van der Waals surface area contributed by atoms with Gasteiger partial charge in [0.1, 0.15) is 0 Å². The van der Waals surface area contributed by atoms with Crippen molar-refractivity contribution in [3.05, 3.63) is 21.4 Å². The molecule has 0 radical (unpaired) electrons. The highest BCUT2D eigenvalue weighted by atomic mass is 32.2. The van der Waals surface area contributed by atoms with Crippen LogP contribution in [0.3, 0.4) is 0 Å². The van der Waals surface area contributed by atoms with E-state index in [1.165, 1.54) is 29.2 Å². The van der Waals surface area contributed by atoms with Gasteiger partial charge in [-0.15, -0.1) is 11.3 Å². The predicted octanol–water partition coefficient (Wildman–Crippen LogP) is 2.25. The van der Waals surface area contributed by atoms with Crippen LogP contribution in [0.25, 0.3) is 0 Å². The molecule has 5 heteroatoms. The van der Waals surface area contributed by atoms with Gasteiger partial charge in [-0.3, -0.25) is 0 Å². The Morgan fingerprint density at radius 3 is 3.00 bits per heavy atom. The number of fused-ring (bicyclic) bond motifs is 1. The van der Waals surface area contributed by atoms with Gasteiger partial charge in [-0.2, -0.15) is 11.8 Å². The van der Waals surface area contributed by atoms with E-state index in [2.05, 4.69) is 28.5 Å². The maximum absolute atomic E-state index is 4.99. The van der Waals surface area contributed by atoms with E-state index in [-0.39, 0.29) is 0 Å². The standard InChI is InChI=1S/C14H24N2OS2/c1-17-7-6-15-4-2-5-16-10-13-9-12-11-18-8-3-14(12)19-13/h9,15-16H,2-8,10-11H2,1H3. The van der Waals surface area contributed by atoms with Gasteiger partial charge in [0.2, 0.25) is 0 Å². The van der Waals surface area contributed by atoms with Crippen LogP contribution in [0.1, 0.15) is 21.7 Å². The molecule has 108 valence electrons. The lowest BCUT2D eigenvalue weighted by Crippen LogP contribution is -2.24. The fourth-order valence-electron chi connectivity index (χ4n) is 2.15. The van der Waals surface area contributed by atoms with Crippen molar-refractivity contribution in [2.45, 2.75) is 25.1 Å². The summed E-state index contributed by atoms with van der Waals surface area (Å²) in [5.41, 5.74) is 1.58. The van der Waals surface area contributed by atoms with E-state index in [0.29, 0.717) is 0 Å². The second kappa shape index (κ2) is 8.97. The van der Waals surface area contributed by atoms with Crippen LogP contribution < -0.4 is 10.6 Å². The van der Waals surface area contributed by atoms with Crippen molar-refractivity contribution >= 4 is 23.1 Å². The number of aryl methyl sites for hydroxylation is 1. The van der Waals surface area contributed by atoms with Gasteiger partial charge < -0.3 is 15.4 Å². The van der Waals surface area contributed by atoms with Crippen LogP contribution in [0.4, 0.5) is 0 Å². The van der Waals surface area contributed by atoms with Crippen molar-refractivity contribution in [3.63, 3.8) is 0 Å². The molecule has 0 aliphatic carbocycles. The maximum atomic E-state index is 4.99. The van der Waals surface area contributed by atoms with Crippen LogP contribution in [0.2, 0.25) is 0 Å². The Bertz CT molecular complexity index is 345. The quantitative estimate of drug-likeness (QED) is 0.685. The second-order valence-corrected chi connectivity index (χ2v) is 7.06. The monoisotopic (exact) mass is 300 g/mol. The van der Waals surface area contributed by atoms with E-state index < -0.39 is 0 Å². The Morgan fingerprint density at radius 2 is 2.16 bits per heavy atom. The molecule has 0 bridgehead atoms. The average molecular weight is 300 g/mol. The lowest BCUT2D eigenvalue weighted by atomic mass is 10.2. The molecule has 2 heterocycles. The van der Waals surface area contributed by atoms with Crippen LogP contribution in [-0.4, -0.2) is 39.1 Å². The highest BCUT2D eigenvalue weighted by molar-refractivity contribution is 7.98. The smallest absolute Gasteiger partial charge is 0.0587 e. The number of rotatable bonds is 9. The number of hydrogen-bond donors (Lipinski definition) is 2. The van der Waals surface area contributed by atoms with Gasteiger partial charge in [-0.05, 0) is 43.3 Å². The van der Waals surface area contributed by atoms with Crippen LogP contribution in [0.5, 0.6) is 0 Å². The number of ether oxygens (including phenoxy) is 1. The van der Waals surface area contributed by atoms with Gasteiger partial charge in [-0.25, -0.2) is 0 Å². The molecule has 2 N–H and O–H groups in total. The highest BCUT2D eigenvalue weighted by Gasteiger charge is 2.12. The first-order valence-electron chi connectivity index (χ1n) is 6.98. The van der Waals surface area contributed by atoms with E-state index in [1.54, 1.807) is 17.6 Å². The molecule has 0 saturated carbocycles. The van der Waals surface area contributed by atoms with Gasteiger partial charge in [-0.1, -0.05) is 0 Å². The van der Waals surface area contributed by atoms with E-state index in [9.17, 15) is 0 Å². The Kier molecular flexibility index (Phi) is 7.24. The van der Waals surface area contributed by atoms with E-state index in [1.807, 2.05) is 11.3 Å². The summed E-state index contributed by atoms with van der Waals surface area (Å²) in [6.45, 7) is 4.92. The molecule has 0 atom stereocenters. The molecule has 2 rings (SSSR count). The van der Waals surface area contributed by atoms with Gasteiger partial charge in [0.25, 0.3) is 0 Å². The first-order chi connectivity index (χ1) is 9.40. The molecule has 1 aliphatic rings. The fraction of sp³-hybridized carbons (Fsp3) is 0.714. The average Bonchev–Trinajstić information content (AvgIpc) is 2.84. The summed E-state index contributed by atoms with van der Waals surface area (Å²) < 4.78 is 4.99. The van der Waals surface area contributed by atoms with Crippen LogP contribution in [0.15, 0.2) is 6.07 Å². The second-order valence-electron chi connectivity index (χ2n) is 4.74. The summed E-state index contributed by atoms with van der Waals surface area (Å²) >= 11 is 4.06. The van der Waals surface area contributed by atoms with Crippen molar-refractivity contribution in [3.8, 4) is 0 Å². The molecule has 1 aromatic rings. The third-order valence-corrected chi connectivity index (χ3v) is 5.41. The minimum Gasteiger partial charge on any atom is -0.383 e. The third kappa shape index (κ3) is 5.44. The normalized spacial score (nSPS) is 14.6. The third-order valence-electron chi connectivity index (χ3n) is 3.17. The van der Waals surface area contributed by atoms with Crippen LogP contribution >= 0.6 is 23.1 Å². The molecule has 0 saturated heterocycles. The van der Waals surface area contributed by atoms with Crippen LogP contribution in [0, 0.1) is 0 Å². The lowest BCUT2D eigenvalue weighted by Gasteiger charge is -2.08. The van der Waals surface area contributed by atoms with E-state index in [4.69, 9.17) is 4.74 Å². The zero-order chi connectivity index (χ0) is 13.3. The molecule has 3 nitrogen and oxygen atoms in total. The number of methoxy groups -OCH3 is 1. The fourth-order valence-corrected chi connectivity index (χ4v) is 4.49. The number of thioether (sulfide) groups is 1. The minimum atomic E-state index is 0.798. The van der Waals surface area contributed by atoms with Crippen molar-refractivity contribution in [2.75, 3.05) is 39.1 Å². The SMILES string of the molecule is COCCNCCCNCc1cc2c(s1)CCSC2. The molecular formula is C14H24N2OS2. The van der Waals surface area contributed by atoms with Gasteiger partial charge in [0.15, 0.2) is 0 Å². The first kappa shape index (κ1) is 15.3. The van der Waals surface area contributed by atoms with Gasteiger partial charge in [0, 0.05) is 35.7 Å². The Labute approximate surface area is 124 Å². The Hall–Kier alpha value is -0.0700. The maximum Gasteiger partial charge on any atom is 0.0587 e. The molecule has 0 aromatic carbocycles. The van der Waals surface area contributed by atoms with Crippen molar-refractivity contribution in [1.82, 2.24) is 10.6 Å². The molecule has 0 unspecified atom stereocenters. The van der Waals surface area contributed by atoms with Crippen molar-refractivity contribution in [2.24, 2.45) is 0 Å². The zero-order valence-electron chi connectivity index (χ0n) is 11.7. The van der Waals surface area contributed by atoms with Crippen molar-refractivity contribution < 1.29 is 4.74 Å². The molecular weight excluding hydrogens is 276 g/mol. The summed E-state index contributed by atoms with van der Waals surface area (Å²) in [4.78, 5) is 3.12. The van der Waals surface area contributed by atoms with Gasteiger partial charge in [0.05, 0.1) is 6.61 Å². The molecule has 19 heavy (non-hydrogen) atoms. The van der Waals surface area contributed by atoms with Gasteiger partial charge >= 0.3 is 0 Å². The number of nitrogens with one attached hydrogen (secondary N) is 2. The zero-order valence-corrected chi connectivity index (χ0v) is 13.3. The summed E-state index contributed by atoms with van der Waals surface area (Å²) in [5, 5.41) is 6.89. The molecule has 0 spiro atoms. The first-order valence-corrected chi connectivity index (χ1v) is 8.96. The molecule has 0 amide bonds. The summed E-state index contributed by atoms with van der Waals surface area (Å²) in [6, 6.07) is 2.40. The predicted molar refractivity (Wildman–Crippen MR) is 85.3 cm³/mol. The summed E-state index contributed by atoms with van der Waals surface area (Å²) in [6.07, 6.45) is 2.44. The molecule has 1 aromatic heterocycles. The molecule has 1 aliphatic heterocycles. The van der Waals surface area contributed by atoms with E-state index >= 15 is 0 Å². The highest BCUT2D eigenvalue weighted by Crippen LogP contribution is 2.31. The Balaban J connectivity index is 1.54. The largest absolute Gasteiger partial charge is 0.383 e. The van der Waals surface area contributed by atoms with Crippen molar-refractivity contribution in [1.29, 1.82) is 0 Å². The summed E-state index contributed by atoms with van der Waals surface area (Å²) in [5.74, 6) is 2.52. The van der Waals surface area contributed by atoms with E-state index in [0.717, 1.165) is 32.8 Å². The summed E-state index contributed by atoms with van der Waals surface area (Å²) in [7, 11) is 1.74. The number of thiophene rings is 1. The minimum absolute atomic E-state index is 0.798.